The second-order valence-corrected chi connectivity index (χ2v) is 5.13. The second kappa shape index (κ2) is 3.85. The molecule has 1 saturated carbocycles. The van der Waals surface area contributed by atoms with Crippen LogP contribution in [0.15, 0.2) is 0 Å². The van der Waals surface area contributed by atoms with Crippen molar-refractivity contribution in [3.63, 3.8) is 0 Å². The average molecular weight is 176 g/mol. The van der Waals surface area contributed by atoms with Crippen molar-refractivity contribution in [1.82, 2.24) is 0 Å². The van der Waals surface area contributed by atoms with E-state index in [-0.39, 0.29) is 0 Å². The molecule has 0 saturated heterocycles. The van der Waals surface area contributed by atoms with E-state index in [9.17, 15) is 4.39 Å². The van der Waals surface area contributed by atoms with E-state index in [1.165, 1.54) is 6.42 Å². The Morgan fingerprint density at radius 3 is 2.36 bits per heavy atom. The maximum Gasteiger partial charge on any atom is 0.107 e. The summed E-state index contributed by atoms with van der Waals surface area (Å²) < 4.78 is 13.4. The molecule has 0 radical (unpaired) electrons. The number of hydrogen-bond donors (Lipinski definition) is 0. The van der Waals surface area contributed by atoms with Crippen molar-refractivity contribution in [2.45, 2.75) is 38.5 Å². The van der Waals surface area contributed by atoms with Crippen LogP contribution < -0.4 is 0 Å². The van der Waals surface area contributed by atoms with Crippen molar-refractivity contribution in [2.24, 2.45) is 11.8 Å². The minimum atomic E-state index is -0.517. The molecular formula is C9H18FP. The fourth-order valence-electron chi connectivity index (χ4n) is 2.23. The van der Waals surface area contributed by atoms with Gasteiger partial charge in [-0.25, -0.2) is 4.39 Å². The number of hydrogen-bond acceptors (Lipinski definition) is 0. The largest absolute Gasteiger partial charge is 0.247 e. The van der Waals surface area contributed by atoms with E-state index in [0.29, 0.717) is 17.5 Å². The summed E-state index contributed by atoms with van der Waals surface area (Å²) in [7, 11) is 0.782. The maximum atomic E-state index is 13.4. The van der Waals surface area contributed by atoms with Crippen LogP contribution in [0, 0.1) is 11.8 Å². The van der Waals surface area contributed by atoms with Crippen LogP contribution in [0.25, 0.3) is 0 Å². The molecule has 1 aliphatic rings. The van der Waals surface area contributed by atoms with Gasteiger partial charge in [0.2, 0.25) is 0 Å². The lowest BCUT2D eigenvalue weighted by molar-refractivity contribution is 0.173. The van der Waals surface area contributed by atoms with Crippen molar-refractivity contribution in [1.29, 1.82) is 0 Å². The van der Waals surface area contributed by atoms with Gasteiger partial charge in [-0.2, -0.15) is 0 Å². The average Bonchev–Trinajstić information content (AvgIpc) is 1.85. The van der Waals surface area contributed by atoms with Crippen molar-refractivity contribution < 1.29 is 4.39 Å². The highest BCUT2D eigenvalue weighted by Crippen LogP contribution is 2.39. The molecule has 11 heavy (non-hydrogen) atoms. The molecule has 1 rings (SSSR count). The molecule has 66 valence electrons. The standard InChI is InChI=1S/C9H18FP/c1-6-4-7(2)9(11-3)8(10)5-6/h6-9,11H,4-5H2,1-3H3. The smallest absolute Gasteiger partial charge is 0.107 e. The van der Waals surface area contributed by atoms with Gasteiger partial charge in [-0.1, -0.05) is 13.8 Å². The molecular weight excluding hydrogens is 158 g/mol. The molecule has 5 unspecified atom stereocenters. The van der Waals surface area contributed by atoms with Crippen LogP contribution in [0.3, 0.4) is 0 Å². The number of alkyl halides is 1. The Morgan fingerprint density at radius 1 is 1.27 bits per heavy atom. The van der Waals surface area contributed by atoms with Gasteiger partial charge in [0.15, 0.2) is 0 Å². The lowest BCUT2D eigenvalue weighted by Crippen LogP contribution is -2.33. The zero-order valence-corrected chi connectivity index (χ0v) is 8.60. The molecule has 0 heterocycles. The Balaban J connectivity index is 2.52. The van der Waals surface area contributed by atoms with Crippen LogP contribution >= 0.6 is 8.58 Å². The normalized spacial score (nSPS) is 46.9. The summed E-state index contributed by atoms with van der Waals surface area (Å²) in [6, 6.07) is 0. The monoisotopic (exact) mass is 176 g/mol. The molecule has 1 aliphatic carbocycles. The zero-order valence-electron chi connectivity index (χ0n) is 7.60. The first-order chi connectivity index (χ1) is 5.15. The summed E-state index contributed by atoms with van der Waals surface area (Å²) in [5, 5.41) is 0. The maximum absolute atomic E-state index is 13.4. The SMILES string of the molecule is CPC1C(C)CC(C)CC1F. The van der Waals surface area contributed by atoms with Crippen LogP contribution in [0.2, 0.25) is 0 Å². The molecule has 5 atom stereocenters. The topological polar surface area (TPSA) is 0 Å². The molecule has 0 aromatic heterocycles. The minimum absolute atomic E-state index is 0.367. The predicted molar refractivity (Wildman–Crippen MR) is 50.5 cm³/mol. The van der Waals surface area contributed by atoms with Crippen LogP contribution in [0.1, 0.15) is 26.7 Å². The van der Waals surface area contributed by atoms with E-state index >= 15 is 0 Å². The molecule has 0 amide bonds. The van der Waals surface area contributed by atoms with E-state index < -0.39 is 6.17 Å². The summed E-state index contributed by atoms with van der Waals surface area (Å²) in [5.41, 5.74) is 0.367. The zero-order chi connectivity index (χ0) is 8.43. The van der Waals surface area contributed by atoms with E-state index in [1.54, 1.807) is 0 Å². The summed E-state index contributed by atoms with van der Waals surface area (Å²) in [5.74, 6) is 1.21. The number of halogens is 1. The van der Waals surface area contributed by atoms with Gasteiger partial charge in [-0.15, -0.1) is 8.58 Å². The van der Waals surface area contributed by atoms with Gasteiger partial charge in [-0.3, -0.25) is 0 Å². The third-order valence-electron chi connectivity index (χ3n) is 2.74. The van der Waals surface area contributed by atoms with Gasteiger partial charge >= 0.3 is 0 Å². The summed E-state index contributed by atoms with van der Waals surface area (Å²) >= 11 is 0. The van der Waals surface area contributed by atoms with Crippen molar-refractivity contribution in [3.05, 3.63) is 0 Å². The minimum Gasteiger partial charge on any atom is -0.247 e. The highest BCUT2D eigenvalue weighted by atomic mass is 31.1. The van der Waals surface area contributed by atoms with Gasteiger partial charge in [-0.05, 0) is 31.3 Å². The molecule has 0 aromatic carbocycles. The van der Waals surface area contributed by atoms with Gasteiger partial charge < -0.3 is 0 Å². The van der Waals surface area contributed by atoms with Gasteiger partial charge in [0, 0.05) is 5.66 Å². The Labute approximate surface area is 70.7 Å². The van der Waals surface area contributed by atoms with Crippen molar-refractivity contribution in [3.8, 4) is 0 Å². The predicted octanol–water partition coefficient (Wildman–Crippen LogP) is 3.07. The van der Waals surface area contributed by atoms with E-state index in [0.717, 1.165) is 15.0 Å². The third kappa shape index (κ3) is 2.15. The van der Waals surface area contributed by atoms with Gasteiger partial charge in [0.1, 0.15) is 6.17 Å². The molecule has 0 nitrogen and oxygen atoms in total. The number of rotatable bonds is 1. The molecule has 0 bridgehead atoms. The molecule has 0 aliphatic heterocycles. The first kappa shape index (κ1) is 9.45. The molecule has 2 heteroatoms. The Kier molecular flexibility index (Phi) is 3.30. The van der Waals surface area contributed by atoms with E-state index in [1.807, 2.05) is 0 Å². The van der Waals surface area contributed by atoms with Crippen LogP contribution in [0.5, 0.6) is 0 Å². The lowest BCUT2D eigenvalue weighted by Gasteiger charge is -2.34. The first-order valence-corrected chi connectivity index (χ1v) is 6.04. The second-order valence-electron chi connectivity index (χ2n) is 3.88. The van der Waals surface area contributed by atoms with Crippen LogP contribution in [0.4, 0.5) is 4.39 Å². The van der Waals surface area contributed by atoms with Crippen LogP contribution in [-0.4, -0.2) is 18.5 Å². The Bertz CT molecular complexity index is 115. The molecule has 0 N–H and O–H groups in total. The van der Waals surface area contributed by atoms with Gasteiger partial charge in [0.25, 0.3) is 0 Å². The van der Waals surface area contributed by atoms with E-state index in [2.05, 4.69) is 20.5 Å². The summed E-state index contributed by atoms with van der Waals surface area (Å²) in [4.78, 5) is 0. The quantitative estimate of drug-likeness (QED) is 0.538. The van der Waals surface area contributed by atoms with E-state index in [4.69, 9.17) is 0 Å². The fourth-order valence-corrected chi connectivity index (χ4v) is 3.43. The third-order valence-corrected chi connectivity index (χ3v) is 4.34. The fraction of sp³-hybridized carbons (Fsp3) is 1.00. The summed E-state index contributed by atoms with van der Waals surface area (Å²) in [6.45, 7) is 6.49. The summed E-state index contributed by atoms with van der Waals surface area (Å²) in [6.07, 6.45) is 1.51. The highest BCUT2D eigenvalue weighted by Gasteiger charge is 2.32. The Hall–Kier alpha value is 0.360. The molecule has 1 fully saturated rings. The van der Waals surface area contributed by atoms with Crippen molar-refractivity contribution >= 4 is 8.58 Å². The highest BCUT2D eigenvalue weighted by molar-refractivity contribution is 7.38. The van der Waals surface area contributed by atoms with Crippen LogP contribution in [-0.2, 0) is 0 Å². The first-order valence-electron chi connectivity index (χ1n) is 4.46. The Morgan fingerprint density at radius 2 is 1.91 bits per heavy atom. The molecule has 0 spiro atoms. The lowest BCUT2D eigenvalue weighted by atomic mass is 9.82. The van der Waals surface area contributed by atoms with Gasteiger partial charge in [0.05, 0.1) is 0 Å². The molecule has 0 aromatic rings. The van der Waals surface area contributed by atoms with Crippen molar-refractivity contribution in [2.75, 3.05) is 6.66 Å².